The summed E-state index contributed by atoms with van der Waals surface area (Å²) in [5.74, 6) is 0.206. The van der Waals surface area contributed by atoms with Crippen molar-refractivity contribution in [2.75, 3.05) is 24.6 Å². The first-order chi connectivity index (χ1) is 13.0. The van der Waals surface area contributed by atoms with Crippen molar-refractivity contribution in [3.8, 4) is 5.75 Å². The highest BCUT2D eigenvalue weighted by Crippen LogP contribution is 2.20. The Morgan fingerprint density at radius 2 is 1.74 bits per heavy atom. The largest absolute Gasteiger partial charge is 0.494 e. The standard InChI is InChI=1S/C21H25FN2O3/c1-3-27-20-10-8-19(9-11-20)24(16(2)25)15-13-21(26)23-14-12-17-4-6-18(22)7-5-17/h4-11H,3,12-15H2,1-2H3,(H,23,26). The van der Waals surface area contributed by atoms with Crippen LogP contribution in [-0.2, 0) is 16.0 Å². The third-order valence-electron chi connectivity index (χ3n) is 4.05. The highest BCUT2D eigenvalue weighted by atomic mass is 19.1. The summed E-state index contributed by atoms with van der Waals surface area (Å²) in [5, 5.41) is 2.83. The first-order valence-electron chi connectivity index (χ1n) is 9.01. The van der Waals surface area contributed by atoms with Gasteiger partial charge < -0.3 is 15.0 Å². The molecule has 0 saturated carbocycles. The quantitative estimate of drug-likeness (QED) is 0.735. The zero-order valence-electron chi connectivity index (χ0n) is 15.7. The number of anilines is 1. The minimum absolute atomic E-state index is 0.127. The lowest BCUT2D eigenvalue weighted by atomic mass is 10.1. The molecular weight excluding hydrogens is 347 g/mol. The van der Waals surface area contributed by atoms with Gasteiger partial charge in [-0.15, -0.1) is 0 Å². The molecule has 0 fully saturated rings. The third-order valence-corrected chi connectivity index (χ3v) is 4.05. The fourth-order valence-electron chi connectivity index (χ4n) is 2.66. The van der Waals surface area contributed by atoms with Crippen LogP contribution in [0, 0.1) is 5.82 Å². The molecule has 5 nitrogen and oxygen atoms in total. The predicted molar refractivity (Wildman–Crippen MR) is 103 cm³/mol. The van der Waals surface area contributed by atoms with E-state index in [9.17, 15) is 14.0 Å². The van der Waals surface area contributed by atoms with Gasteiger partial charge in [0.15, 0.2) is 0 Å². The van der Waals surface area contributed by atoms with E-state index in [4.69, 9.17) is 4.74 Å². The van der Waals surface area contributed by atoms with Crippen molar-refractivity contribution < 1.29 is 18.7 Å². The van der Waals surface area contributed by atoms with Gasteiger partial charge in [0.2, 0.25) is 11.8 Å². The molecule has 0 aromatic heterocycles. The normalized spacial score (nSPS) is 10.3. The fraction of sp³-hybridized carbons (Fsp3) is 0.333. The van der Waals surface area contributed by atoms with Gasteiger partial charge in [-0.05, 0) is 55.3 Å². The van der Waals surface area contributed by atoms with Crippen molar-refractivity contribution in [1.82, 2.24) is 5.32 Å². The van der Waals surface area contributed by atoms with Crippen LogP contribution in [0.5, 0.6) is 5.75 Å². The minimum Gasteiger partial charge on any atom is -0.494 e. The molecule has 0 aliphatic heterocycles. The molecule has 0 aliphatic carbocycles. The number of rotatable bonds is 9. The summed E-state index contributed by atoms with van der Waals surface area (Å²) in [5.41, 5.74) is 1.68. The molecule has 144 valence electrons. The molecule has 2 amide bonds. The number of hydrogen-bond donors (Lipinski definition) is 1. The van der Waals surface area contributed by atoms with Gasteiger partial charge in [0.25, 0.3) is 0 Å². The van der Waals surface area contributed by atoms with Gasteiger partial charge in [-0.2, -0.15) is 0 Å². The van der Waals surface area contributed by atoms with Crippen LogP contribution in [0.4, 0.5) is 10.1 Å². The van der Waals surface area contributed by atoms with Crippen LogP contribution in [0.3, 0.4) is 0 Å². The van der Waals surface area contributed by atoms with E-state index in [1.165, 1.54) is 19.1 Å². The molecule has 0 radical (unpaired) electrons. The molecule has 2 rings (SSSR count). The van der Waals surface area contributed by atoms with Crippen LogP contribution in [-0.4, -0.2) is 31.5 Å². The van der Waals surface area contributed by atoms with Crippen LogP contribution < -0.4 is 15.0 Å². The number of nitrogens with one attached hydrogen (secondary N) is 1. The smallest absolute Gasteiger partial charge is 0.223 e. The summed E-state index contributed by atoms with van der Waals surface area (Å²) in [6, 6.07) is 13.4. The second kappa shape index (κ2) is 10.3. The van der Waals surface area contributed by atoms with E-state index in [1.54, 1.807) is 41.3 Å². The summed E-state index contributed by atoms with van der Waals surface area (Å²) in [4.78, 5) is 25.5. The topological polar surface area (TPSA) is 58.6 Å². The number of ether oxygens (including phenoxy) is 1. The molecule has 0 heterocycles. The third kappa shape index (κ3) is 6.73. The van der Waals surface area contributed by atoms with Crippen LogP contribution in [0.25, 0.3) is 0 Å². The maximum absolute atomic E-state index is 12.9. The summed E-state index contributed by atoms with van der Waals surface area (Å²) in [7, 11) is 0. The lowest BCUT2D eigenvalue weighted by molar-refractivity contribution is -0.121. The van der Waals surface area contributed by atoms with Gasteiger partial charge in [-0.25, -0.2) is 4.39 Å². The van der Waals surface area contributed by atoms with Gasteiger partial charge in [-0.3, -0.25) is 9.59 Å². The van der Waals surface area contributed by atoms with E-state index in [1.807, 2.05) is 6.92 Å². The van der Waals surface area contributed by atoms with E-state index < -0.39 is 0 Å². The Morgan fingerprint density at radius 3 is 2.33 bits per heavy atom. The molecule has 2 aromatic rings. The van der Waals surface area contributed by atoms with Crippen LogP contribution >= 0.6 is 0 Å². The first-order valence-corrected chi connectivity index (χ1v) is 9.01. The van der Waals surface area contributed by atoms with Crippen molar-refractivity contribution in [3.05, 3.63) is 59.9 Å². The summed E-state index contributed by atoms with van der Waals surface area (Å²) in [6.45, 7) is 4.72. The zero-order chi connectivity index (χ0) is 19.6. The van der Waals surface area contributed by atoms with Crippen molar-refractivity contribution in [2.45, 2.75) is 26.7 Å². The molecule has 0 aliphatic rings. The van der Waals surface area contributed by atoms with E-state index in [2.05, 4.69) is 5.32 Å². The summed E-state index contributed by atoms with van der Waals surface area (Å²) < 4.78 is 18.3. The molecule has 1 N–H and O–H groups in total. The number of hydrogen-bond acceptors (Lipinski definition) is 3. The maximum Gasteiger partial charge on any atom is 0.223 e. The van der Waals surface area contributed by atoms with Crippen LogP contribution in [0.2, 0.25) is 0 Å². The van der Waals surface area contributed by atoms with E-state index in [-0.39, 0.29) is 24.1 Å². The molecule has 0 bridgehead atoms. The molecule has 2 aromatic carbocycles. The van der Waals surface area contributed by atoms with Crippen molar-refractivity contribution in [2.24, 2.45) is 0 Å². The molecular formula is C21H25FN2O3. The molecule has 0 atom stereocenters. The van der Waals surface area contributed by atoms with Crippen molar-refractivity contribution in [3.63, 3.8) is 0 Å². The van der Waals surface area contributed by atoms with Gasteiger partial charge in [0.05, 0.1) is 6.61 Å². The molecule has 0 spiro atoms. The molecule has 6 heteroatoms. The highest BCUT2D eigenvalue weighted by Gasteiger charge is 2.13. The zero-order valence-corrected chi connectivity index (χ0v) is 15.7. The fourth-order valence-corrected chi connectivity index (χ4v) is 2.66. The van der Waals surface area contributed by atoms with E-state index >= 15 is 0 Å². The van der Waals surface area contributed by atoms with Gasteiger partial charge in [0.1, 0.15) is 11.6 Å². The number of carbonyl (C=O) groups is 2. The number of amides is 2. The Morgan fingerprint density at radius 1 is 1.07 bits per heavy atom. The SMILES string of the molecule is CCOc1ccc(N(CCC(=O)NCCc2ccc(F)cc2)C(C)=O)cc1. The Bertz CT molecular complexity index is 745. The van der Waals surface area contributed by atoms with E-state index in [0.29, 0.717) is 26.1 Å². The average molecular weight is 372 g/mol. The number of nitrogens with zero attached hydrogens (tertiary/aromatic N) is 1. The first kappa shape index (κ1) is 20.4. The number of benzene rings is 2. The minimum atomic E-state index is -0.276. The Labute approximate surface area is 159 Å². The Hall–Kier alpha value is -2.89. The summed E-state index contributed by atoms with van der Waals surface area (Å²) in [6.07, 6.45) is 0.831. The number of carbonyl (C=O) groups excluding carboxylic acids is 2. The second-order valence-electron chi connectivity index (χ2n) is 6.07. The second-order valence-corrected chi connectivity index (χ2v) is 6.07. The number of halogens is 1. The van der Waals surface area contributed by atoms with E-state index in [0.717, 1.165) is 17.0 Å². The van der Waals surface area contributed by atoms with Crippen LogP contribution in [0.1, 0.15) is 25.8 Å². The lowest BCUT2D eigenvalue weighted by Gasteiger charge is -2.21. The molecule has 27 heavy (non-hydrogen) atoms. The monoisotopic (exact) mass is 372 g/mol. The van der Waals surface area contributed by atoms with Gasteiger partial charge in [0, 0.05) is 32.1 Å². The average Bonchev–Trinajstić information content (AvgIpc) is 2.65. The molecule has 0 saturated heterocycles. The Balaban J connectivity index is 1.81. The predicted octanol–water partition coefficient (Wildman–Crippen LogP) is 3.33. The van der Waals surface area contributed by atoms with Crippen molar-refractivity contribution in [1.29, 1.82) is 0 Å². The summed E-state index contributed by atoms with van der Waals surface area (Å²) >= 11 is 0. The highest BCUT2D eigenvalue weighted by molar-refractivity contribution is 5.92. The van der Waals surface area contributed by atoms with Crippen molar-refractivity contribution >= 4 is 17.5 Å². The molecule has 0 unspecified atom stereocenters. The Kier molecular flexibility index (Phi) is 7.79. The lowest BCUT2D eigenvalue weighted by Crippen LogP contribution is -2.34. The maximum atomic E-state index is 12.9. The van der Waals surface area contributed by atoms with Gasteiger partial charge in [-0.1, -0.05) is 12.1 Å². The van der Waals surface area contributed by atoms with Crippen LogP contribution in [0.15, 0.2) is 48.5 Å². The van der Waals surface area contributed by atoms with Gasteiger partial charge >= 0.3 is 0 Å².